The zero-order valence-electron chi connectivity index (χ0n) is 41.1. The largest absolute Gasteiger partial charge is 2.00 e. The summed E-state index contributed by atoms with van der Waals surface area (Å²) in [5.74, 6) is 0. The summed E-state index contributed by atoms with van der Waals surface area (Å²) in [5, 5.41) is 51.2. The molecule has 458 valence electrons. The quantitative estimate of drug-likeness (QED) is 0.0924. The number of halogens is 24. The number of pyridine rings is 4. The number of nitrogens with zero attached hydrogens (tertiary/aromatic N) is 13. The molecule has 0 saturated heterocycles. The fourth-order valence-electron chi connectivity index (χ4n) is 3.16. The molecule has 5 aromatic heterocycles. The number of nitriles is 7. The van der Waals surface area contributed by atoms with Gasteiger partial charge in [0.1, 0.15) is 22.8 Å². The zero-order chi connectivity index (χ0) is 64.8. The Morgan fingerprint density at radius 1 is 0.259 bits per heavy atom. The maximum Gasteiger partial charge on any atom is 2.00 e. The predicted octanol–water partition coefficient (Wildman–Crippen LogP) is 22.0. The molecule has 0 radical (unpaired) electrons. The number of hydrogen-bond acceptors (Lipinski definition) is 13. The normalized spacial score (nSPS) is 12.6. The molecular formula is C38H37F24N13P4Ru2. The van der Waals surface area contributed by atoms with Gasteiger partial charge in [0.15, 0.2) is 0 Å². The molecule has 0 atom stereocenters. The third-order valence-electron chi connectivity index (χ3n) is 4.53. The van der Waals surface area contributed by atoms with Gasteiger partial charge >= 0.3 is 171 Å². The van der Waals surface area contributed by atoms with E-state index in [1.807, 2.05) is 72.8 Å². The van der Waals surface area contributed by atoms with Crippen LogP contribution in [0.5, 0.6) is 0 Å². The molecule has 5 heterocycles. The smallest absolute Gasteiger partial charge is 0.255 e. The van der Waals surface area contributed by atoms with Gasteiger partial charge in [-0.2, -0.15) is 36.8 Å². The Morgan fingerprint density at radius 2 is 0.358 bits per heavy atom. The van der Waals surface area contributed by atoms with Crippen molar-refractivity contribution >= 4 is 31.2 Å². The second kappa shape index (κ2) is 34.0. The van der Waals surface area contributed by atoms with Gasteiger partial charge < -0.3 is 0 Å². The van der Waals surface area contributed by atoms with Crippen molar-refractivity contribution in [2.45, 2.75) is 48.5 Å². The van der Waals surface area contributed by atoms with Gasteiger partial charge in [0.05, 0.1) is 65.3 Å². The fraction of sp³-hybridized carbons (Fsp3) is 0.184. The summed E-state index contributed by atoms with van der Waals surface area (Å²) in [6.45, 7) is 10.0. The molecule has 0 aliphatic heterocycles. The molecule has 0 N–H and O–H groups in total. The van der Waals surface area contributed by atoms with E-state index in [2.05, 4.69) is 19.9 Å². The maximum atomic E-state index is 9.87. The molecule has 5 aromatic rings. The van der Waals surface area contributed by atoms with Crippen LogP contribution in [-0.2, 0) is 39.0 Å². The van der Waals surface area contributed by atoms with E-state index in [9.17, 15) is 101 Å². The first-order chi connectivity index (χ1) is 34.6. The molecule has 5 rings (SSSR count). The molecule has 0 aliphatic rings. The van der Waals surface area contributed by atoms with Crippen molar-refractivity contribution in [2.24, 2.45) is 0 Å². The molecule has 43 heteroatoms. The first-order valence-electron chi connectivity index (χ1n) is 18.6. The number of hydrogen-bond donors (Lipinski definition) is 0. The average Bonchev–Trinajstić information content (AvgIpc) is 3.22. The van der Waals surface area contributed by atoms with E-state index >= 15 is 0 Å². The number of aromatic nitrogens is 6. The molecule has 0 aliphatic carbocycles. The van der Waals surface area contributed by atoms with Crippen LogP contribution >= 0.6 is 31.2 Å². The van der Waals surface area contributed by atoms with Gasteiger partial charge in [-0.25, -0.2) is 9.97 Å². The monoisotopic (exact) mass is 1460 g/mol. The second-order valence-corrected chi connectivity index (χ2v) is 19.5. The third kappa shape index (κ3) is 114. The number of rotatable bonds is 4. The molecule has 0 spiro atoms. The van der Waals surface area contributed by atoms with Gasteiger partial charge in [0.2, 0.25) is 0 Å². The second-order valence-electron chi connectivity index (χ2n) is 11.9. The van der Waals surface area contributed by atoms with Gasteiger partial charge in [0, 0.05) is 73.3 Å². The minimum Gasteiger partial charge on any atom is -0.255 e. The van der Waals surface area contributed by atoms with E-state index in [-0.39, 0.29) is 39.0 Å². The van der Waals surface area contributed by atoms with Crippen LogP contribution in [0.15, 0.2) is 97.6 Å². The van der Waals surface area contributed by atoms with Crippen molar-refractivity contribution in [3.8, 4) is 88.0 Å². The Balaban J connectivity index is -0.000000120. The van der Waals surface area contributed by atoms with Crippen LogP contribution < -0.4 is 0 Å². The predicted molar refractivity (Wildman–Crippen MR) is 248 cm³/mol. The van der Waals surface area contributed by atoms with E-state index in [0.717, 1.165) is 22.8 Å². The first kappa shape index (κ1) is 93.7. The van der Waals surface area contributed by atoms with Crippen molar-refractivity contribution in [3.05, 3.63) is 97.6 Å². The van der Waals surface area contributed by atoms with Crippen molar-refractivity contribution in [2.75, 3.05) is 0 Å². The van der Waals surface area contributed by atoms with Crippen LogP contribution in [-0.4, -0.2) is 29.9 Å². The summed E-state index contributed by atoms with van der Waals surface area (Å²) < 4.78 is 237. The van der Waals surface area contributed by atoms with Gasteiger partial charge in [0.25, 0.3) is 0 Å². The van der Waals surface area contributed by atoms with Crippen LogP contribution in [0.3, 0.4) is 0 Å². The van der Waals surface area contributed by atoms with E-state index in [4.69, 9.17) is 46.8 Å². The van der Waals surface area contributed by atoms with E-state index < -0.39 is 31.2 Å². The molecule has 13 nitrogen and oxygen atoms in total. The van der Waals surface area contributed by atoms with E-state index in [1.165, 1.54) is 48.5 Å². The van der Waals surface area contributed by atoms with Gasteiger partial charge in [-0.15, -0.1) is 0 Å². The Labute approximate surface area is 470 Å². The molecule has 0 fully saturated rings. The first-order valence-corrected chi connectivity index (χ1v) is 26.7. The van der Waals surface area contributed by atoms with Crippen LogP contribution in [0.1, 0.15) is 48.5 Å². The van der Waals surface area contributed by atoms with E-state index in [0.29, 0.717) is 22.8 Å². The molecule has 0 bridgehead atoms. The Bertz CT molecular complexity index is 2420. The van der Waals surface area contributed by atoms with Gasteiger partial charge in [-0.05, 0) is 48.5 Å². The third-order valence-corrected chi connectivity index (χ3v) is 4.53. The standard InChI is InChI=1S/C24H16N6.7C2H3N.4F6P.2Ru/c1-5-13-25-17(9-1)21-22(18-10-2-6-14-26-18)30-24(20-12-4-8-16-28-20)23(29-21)19-11-3-7-15-27-19;7*1-2-3;4*1-7(2,3,4,5)6;;/h1-16H;7*1H3;;;;;;/q;;;;;;;;4*-1;2*+2. The van der Waals surface area contributed by atoms with Crippen molar-refractivity contribution in [3.63, 3.8) is 0 Å². The van der Waals surface area contributed by atoms with Gasteiger partial charge in [-0.3, -0.25) is 19.9 Å². The minimum atomic E-state index is -10.7. The topological polar surface area (TPSA) is 244 Å². The molecular weight excluding hydrogens is 1420 g/mol. The average molecular weight is 1460 g/mol. The molecule has 81 heavy (non-hydrogen) atoms. The molecule has 0 aromatic carbocycles. The van der Waals surface area contributed by atoms with Crippen molar-refractivity contribution in [1.29, 1.82) is 36.8 Å². The summed E-state index contributed by atoms with van der Waals surface area (Å²) in [7, 11) is -42.6. The van der Waals surface area contributed by atoms with Gasteiger partial charge in [-0.1, -0.05) is 24.3 Å². The maximum absolute atomic E-state index is 10.7. The van der Waals surface area contributed by atoms with Crippen LogP contribution in [0.2, 0.25) is 0 Å². The van der Waals surface area contributed by atoms with E-state index in [1.54, 1.807) is 67.3 Å². The van der Waals surface area contributed by atoms with Crippen LogP contribution in [0.4, 0.5) is 101 Å². The van der Waals surface area contributed by atoms with Crippen LogP contribution in [0.25, 0.3) is 45.6 Å². The summed E-state index contributed by atoms with van der Waals surface area (Å²) in [4.78, 5) is 28.0. The molecule has 0 unspecified atom stereocenters. The fourth-order valence-corrected chi connectivity index (χ4v) is 3.16. The summed E-state index contributed by atoms with van der Waals surface area (Å²) in [6.07, 6.45) is 6.97. The Morgan fingerprint density at radius 3 is 0.432 bits per heavy atom. The molecule has 0 amide bonds. The summed E-state index contributed by atoms with van der Waals surface area (Å²) in [5.41, 5.74) is 5.46. The summed E-state index contributed by atoms with van der Waals surface area (Å²) in [6, 6.07) is 35.1. The minimum absolute atomic E-state index is 0. The Hall–Kier alpha value is -6.60. The zero-order valence-corrected chi connectivity index (χ0v) is 48.2. The SMILES string of the molecule is CC#N.CC#N.CC#N.CC#N.CC#N.CC#N.CC#N.F[P-](F)(F)(F)(F)F.F[P-](F)(F)(F)(F)F.F[P-](F)(F)(F)(F)F.F[P-](F)(F)(F)(F)F.[Ru+2].[Ru+2].c1ccc(-c2nc(-c3ccccn3)c(-c3ccccn3)nc2-c2ccccn2)nc1. The Kier molecular flexibility index (Phi) is 39.3. The van der Waals surface area contributed by atoms with Crippen molar-refractivity contribution in [1.82, 2.24) is 29.9 Å². The van der Waals surface area contributed by atoms with Crippen molar-refractivity contribution < 1.29 is 140 Å². The van der Waals surface area contributed by atoms with Crippen LogP contribution in [0, 0.1) is 79.3 Å². The molecule has 0 saturated carbocycles. The summed E-state index contributed by atoms with van der Waals surface area (Å²) >= 11 is 0.